The van der Waals surface area contributed by atoms with E-state index in [2.05, 4.69) is 38.1 Å². The van der Waals surface area contributed by atoms with Crippen LogP contribution in [0.5, 0.6) is 0 Å². The minimum absolute atomic E-state index is 0.330. The third-order valence-electron chi connectivity index (χ3n) is 3.84. The summed E-state index contributed by atoms with van der Waals surface area (Å²) in [4.78, 5) is 0. The molecule has 1 fully saturated rings. The SMILES string of the molecule is CCc1ccc(C(O)C2CCOCC2C)cc1. The van der Waals surface area contributed by atoms with Gasteiger partial charge < -0.3 is 9.84 Å². The van der Waals surface area contributed by atoms with Gasteiger partial charge in [-0.05, 0) is 35.8 Å². The first-order chi connectivity index (χ1) is 8.22. The van der Waals surface area contributed by atoms with Crippen molar-refractivity contribution in [2.75, 3.05) is 13.2 Å². The van der Waals surface area contributed by atoms with Gasteiger partial charge >= 0.3 is 0 Å². The molecule has 0 aliphatic carbocycles. The van der Waals surface area contributed by atoms with E-state index in [1.165, 1.54) is 5.56 Å². The van der Waals surface area contributed by atoms with Crippen LogP contribution in [0.25, 0.3) is 0 Å². The smallest absolute Gasteiger partial charge is 0.0822 e. The van der Waals surface area contributed by atoms with Crippen molar-refractivity contribution in [3.63, 3.8) is 0 Å². The van der Waals surface area contributed by atoms with Crippen LogP contribution >= 0.6 is 0 Å². The summed E-state index contributed by atoms with van der Waals surface area (Å²) in [6, 6.07) is 8.35. The van der Waals surface area contributed by atoms with Crippen molar-refractivity contribution in [2.45, 2.75) is 32.8 Å². The Balaban J connectivity index is 2.09. The molecule has 0 saturated carbocycles. The number of hydrogen-bond donors (Lipinski definition) is 1. The molecule has 3 unspecified atom stereocenters. The van der Waals surface area contributed by atoms with Gasteiger partial charge in [0.25, 0.3) is 0 Å². The second-order valence-electron chi connectivity index (χ2n) is 5.04. The highest BCUT2D eigenvalue weighted by molar-refractivity contribution is 5.24. The van der Waals surface area contributed by atoms with Crippen molar-refractivity contribution >= 4 is 0 Å². The average molecular weight is 234 g/mol. The highest BCUT2D eigenvalue weighted by Crippen LogP contribution is 2.33. The molecule has 0 radical (unpaired) electrons. The molecule has 1 aliphatic rings. The molecule has 0 bridgehead atoms. The zero-order valence-corrected chi connectivity index (χ0v) is 10.7. The average Bonchev–Trinajstić information content (AvgIpc) is 2.39. The molecular formula is C15H22O2. The Labute approximate surface area is 104 Å². The van der Waals surface area contributed by atoms with E-state index in [1.807, 2.05) is 0 Å². The normalized spacial score (nSPS) is 26.8. The molecule has 2 heteroatoms. The predicted molar refractivity (Wildman–Crippen MR) is 68.9 cm³/mol. The number of ether oxygens (including phenoxy) is 1. The van der Waals surface area contributed by atoms with Crippen LogP contribution in [0.15, 0.2) is 24.3 Å². The number of hydrogen-bond acceptors (Lipinski definition) is 2. The van der Waals surface area contributed by atoms with E-state index in [-0.39, 0.29) is 6.10 Å². The minimum atomic E-state index is -0.347. The molecule has 94 valence electrons. The van der Waals surface area contributed by atoms with Crippen molar-refractivity contribution in [1.29, 1.82) is 0 Å². The highest BCUT2D eigenvalue weighted by atomic mass is 16.5. The molecule has 2 rings (SSSR count). The molecule has 0 spiro atoms. The van der Waals surface area contributed by atoms with Crippen molar-refractivity contribution in [1.82, 2.24) is 0 Å². The first-order valence-electron chi connectivity index (χ1n) is 6.57. The molecule has 1 N–H and O–H groups in total. The lowest BCUT2D eigenvalue weighted by Gasteiger charge is -2.32. The summed E-state index contributed by atoms with van der Waals surface area (Å²) >= 11 is 0. The van der Waals surface area contributed by atoms with E-state index < -0.39 is 0 Å². The van der Waals surface area contributed by atoms with Crippen molar-refractivity contribution in [3.05, 3.63) is 35.4 Å². The van der Waals surface area contributed by atoms with E-state index in [9.17, 15) is 5.11 Å². The van der Waals surface area contributed by atoms with Gasteiger partial charge in [0.05, 0.1) is 6.10 Å². The number of benzene rings is 1. The molecule has 3 atom stereocenters. The first-order valence-corrected chi connectivity index (χ1v) is 6.57. The summed E-state index contributed by atoms with van der Waals surface area (Å²) in [5.41, 5.74) is 2.36. The van der Waals surface area contributed by atoms with Crippen LogP contribution in [0.2, 0.25) is 0 Å². The van der Waals surface area contributed by atoms with Crippen LogP contribution in [0.1, 0.15) is 37.5 Å². The van der Waals surface area contributed by atoms with Gasteiger partial charge in [-0.25, -0.2) is 0 Å². The summed E-state index contributed by atoms with van der Waals surface area (Å²) in [6.07, 6.45) is 1.65. The fraction of sp³-hybridized carbons (Fsp3) is 0.600. The van der Waals surface area contributed by atoms with E-state index >= 15 is 0 Å². The molecule has 17 heavy (non-hydrogen) atoms. The number of aliphatic hydroxyl groups excluding tert-OH is 1. The van der Waals surface area contributed by atoms with E-state index in [4.69, 9.17) is 4.74 Å². The lowest BCUT2D eigenvalue weighted by Crippen LogP contribution is -2.30. The topological polar surface area (TPSA) is 29.5 Å². The van der Waals surface area contributed by atoms with Gasteiger partial charge in [0.1, 0.15) is 0 Å². The van der Waals surface area contributed by atoms with Crippen LogP contribution in [-0.4, -0.2) is 18.3 Å². The zero-order chi connectivity index (χ0) is 12.3. The summed E-state index contributed by atoms with van der Waals surface area (Å²) in [6.45, 7) is 5.85. The van der Waals surface area contributed by atoms with Gasteiger partial charge in [-0.15, -0.1) is 0 Å². The fourth-order valence-electron chi connectivity index (χ4n) is 2.56. The Kier molecular flexibility index (Phi) is 4.19. The molecule has 1 aromatic carbocycles. The summed E-state index contributed by atoms with van der Waals surface area (Å²) < 4.78 is 5.42. The van der Waals surface area contributed by atoms with Crippen molar-refractivity contribution in [2.24, 2.45) is 11.8 Å². The molecular weight excluding hydrogens is 212 g/mol. The maximum absolute atomic E-state index is 10.4. The maximum atomic E-state index is 10.4. The fourth-order valence-corrected chi connectivity index (χ4v) is 2.56. The van der Waals surface area contributed by atoms with Crippen molar-refractivity contribution < 1.29 is 9.84 Å². The Morgan fingerprint density at radius 2 is 2.06 bits per heavy atom. The lowest BCUT2D eigenvalue weighted by molar-refractivity contribution is -0.0310. The quantitative estimate of drug-likeness (QED) is 0.871. The second-order valence-corrected chi connectivity index (χ2v) is 5.04. The largest absolute Gasteiger partial charge is 0.388 e. The van der Waals surface area contributed by atoms with E-state index in [0.717, 1.165) is 31.6 Å². The molecule has 1 heterocycles. The van der Waals surface area contributed by atoms with Gasteiger partial charge in [-0.2, -0.15) is 0 Å². The minimum Gasteiger partial charge on any atom is -0.388 e. The Bertz CT molecular complexity index is 344. The summed E-state index contributed by atoms with van der Waals surface area (Å²) in [5.74, 6) is 0.765. The monoisotopic (exact) mass is 234 g/mol. The van der Waals surface area contributed by atoms with Gasteiger partial charge in [-0.3, -0.25) is 0 Å². The second kappa shape index (κ2) is 5.65. The Morgan fingerprint density at radius 3 is 2.65 bits per heavy atom. The number of aryl methyl sites for hydroxylation is 1. The molecule has 0 amide bonds. The maximum Gasteiger partial charge on any atom is 0.0822 e. The standard InChI is InChI=1S/C15H22O2/c1-3-12-4-6-13(7-5-12)15(16)14-8-9-17-10-11(14)2/h4-7,11,14-16H,3,8-10H2,1-2H3. The van der Waals surface area contributed by atoms with Gasteiger partial charge in [0.2, 0.25) is 0 Å². The van der Waals surface area contributed by atoms with Crippen LogP contribution in [0, 0.1) is 11.8 Å². The molecule has 2 nitrogen and oxygen atoms in total. The number of rotatable bonds is 3. The lowest BCUT2D eigenvalue weighted by atomic mass is 9.82. The third-order valence-corrected chi connectivity index (χ3v) is 3.84. The number of aliphatic hydroxyl groups is 1. The first kappa shape index (κ1) is 12.6. The Hall–Kier alpha value is -0.860. The van der Waals surface area contributed by atoms with Gasteiger partial charge in [0.15, 0.2) is 0 Å². The predicted octanol–water partition coefficient (Wildman–Crippen LogP) is 2.96. The van der Waals surface area contributed by atoms with Crippen molar-refractivity contribution in [3.8, 4) is 0 Å². The molecule has 1 saturated heterocycles. The summed E-state index contributed by atoms with van der Waals surface area (Å²) in [5, 5.41) is 10.4. The third kappa shape index (κ3) is 2.88. The van der Waals surface area contributed by atoms with Crippen LogP contribution in [-0.2, 0) is 11.2 Å². The zero-order valence-electron chi connectivity index (χ0n) is 10.7. The van der Waals surface area contributed by atoms with Gasteiger partial charge in [-0.1, -0.05) is 38.1 Å². The molecule has 0 aromatic heterocycles. The Morgan fingerprint density at radius 1 is 1.35 bits per heavy atom. The van der Waals surface area contributed by atoms with E-state index in [1.54, 1.807) is 0 Å². The molecule has 1 aliphatic heterocycles. The van der Waals surface area contributed by atoms with Crippen LogP contribution < -0.4 is 0 Å². The van der Waals surface area contributed by atoms with E-state index in [0.29, 0.717) is 11.8 Å². The highest BCUT2D eigenvalue weighted by Gasteiger charge is 2.29. The van der Waals surface area contributed by atoms with Crippen LogP contribution in [0.3, 0.4) is 0 Å². The molecule has 1 aromatic rings. The van der Waals surface area contributed by atoms with Gasteiger partial charge in [0, 0.05) is 13.2 Å². The van der Waals surface area contributed by atoms with Crippen LogP contribution in [0.4, 0.5) is 0 Å². The summed E-state index contributed by atoms with van der Waals surface area (Å²) in [7, 11) is 0.